The van der Waals surface area contributed by atoms with Crippen molar-refractivity contribution in [2.24, 2.45) is 0 Å². The molecule has 4 nitrogen and oxygen atoms in total. The van der Waals surface area contributed by atoms with Crippen LogP contribution in [0.4, 0.5) is 4.39 Å². The van der Waals surface area contributed by atoms with Gasteiger partial charge in [0.1, 0.15) is 11.5 Å². The SMILES string of the molecule is C=C/C=C(C)\C(=C/C)c1cc2c(C(=C)N/C(C)=C(C)/C(=C\C=C)c3cccnc3)n[nH]c2cc1F. The zero-order valence-corrected chi connectivity index (χ0v) is 20.7. The summed E-state index contributed by atoms with van der Waals surface area (Å²) >= 11 is 0. The highest BCUT2D eigenvalue weighted by Crippen LogP contribution is 2.32. The van der Waals surface area contributed by atoms with Crippen LogP contribution in [0.25, 0.3) is 27.7 Å². The van der Waals surface area contributed by atoms with Crippen LogP contribution in [0, 0.1) is 5.82 Å². The third-order valence-electron chi connectivity index (χ3n) is 5.87. The molecule has 0 aliphatic heterocycles. The lowest BCUT2D eigenvalue weighted by molar-refractivity contribution is 0.625. The van der Waals surface area contributed by atoms with Gasteiger partial charge < -0.3 is 5.32 Å². The summed E-state index contributed by atoms with van der Waals surface area (Å²) in [6.45, 7) is 19.7. The lowest BCUT2D eigenvalue weighted by atomic mass is 9.96. The molecule has 178 valence electrons. The number of halogens is 1. The normalized spacial score (nSPS) is 13.5. The number of aromatic amines is 1. The fourth-order valence-corrected chi connectivity index (χ4v) is 4.00. The van der Waals surface area contributed by atoms with Gasteiger partial charge in [0, 0.05) is 40.7 Å². The Kier molecular flexibility index (Phi) is 8.16. The van der Waals surface area contributed by atoms with Crippen LogP contribution in [0.15, 0.2) is 104 Å². The van der Waals surface area contributed by atoms with Gasteiger partial charge in [0.15, 0.2) is 0 Å². The van der Waals surface area contributed by atoms with E-state index in [-0.39, 0.29) is 5.82 Å². The molecule has 0 unspecified atom stereocenters. The van der Waals surface area contributed by atoms with Crippen molar-refractivity contribution in [2.45, 2.75) is 27.7 Å². The van der Waals surface area contributed by atoms with E-state index in [2.05, 4.69) is 40.2 Å². The van der Waals surface area contributed by atoms with Crippen LogP contribution in [0.3, 0.4) is 0 Å². The zero-order chi connectivity index (χ0) is 25.5. The monoisotopic (exact) mass is 466 g/mol. The first-order valence-electron chi connectivity index (χ1n) is 11.3. The molecule has 35 heavy (non-hydrogen) atoms. The van der Waals surface area contributed by atoms with Crippen molar-refractivity contribution >= 4 is 27.7 Å². The number of pyridine rings is 1. The third-order valence-corrected chi connectivity index (χ3v) is 5.87. The highest BCUT2D eigenvalue weighted by Gasteiger charge is 2.17. The Labute approximate surface area is 206 Å². The van der Waals surface area contributed by atoms with E-state index < -0.39 is 0 Å². The second-order valence-corrected chi connectivity index (χ2v) is 8.15. The van der Waals surface area contributed by atoms with Gasteiger partial charge in [-0.15, -0.1) is 0 Å². The Bertz CT molecular complexity index is 1400. The Balaban J connectivity index is 2.01. The van der Waals surface area contributed by atoms with Crippen molar-refractivity contribution in [1.82, 2.24) is 20.5 Å². The predicted octanol–water partition coefficient (Wildman–Crippen LogP) is 7.76. The number of H-pyrrole nitrogens is 1. The number of fused-ring (bicyclic) bond motifs is 1. The largest absolute Gasteiger partial charge is 0.358 e. The predicted molar refractivity (Wildman–Crippen MR) is 147 cm³/mol. The van der Waals surface area contributed by atoms with Gasteiger partial charge in [0.2, 0.25) is 0 Å². The van der Waals surface area contributed by atoms with Gasteiger partial charge in [0.25, 0.3) is 0 Å². The van der Waals surface area contributed by atoms with Gasteiger partial charge in [-0.1, -0.05) is 56.2 Å². The minimum absolute atomic E-state index is 0.321. The standard InChI is InChI=1S/C30H31FN4/c1-8-12-19(4)24(10-3)26-16-27-29(17-28(26)31)34-35-30(27)22(7)33-21(6)20(5)25(13-9-2)23-14-11-15-32-18-23/h8-18,33H,1-2,7H2,3-6H3,(H,34,35)/b19-12-,21-20+,24-10+,25-13+. The van der Waals surface area contributed by atoms with Crippen LogP contribution in [-0.2, 0) is 0 Å². The molecule has 0 saturated carbocycles. The van der Waals surface area contributed by atoms with E-state index in [1.54, 1.807) is 18.3 Å². The second kappa shape index (κ2) is 11.3. The average Bonchev–Trinajstić information content (AvgIpc) is 3.26. The molecule has 2 N–H and O–H groups in total. The molecule has 0 radical (unpaired) electrons. The minimum Gasteiger partial charge on any atom is -0.358 e. The minimum atomic E-state index is -0.321. The molecular weight excluding hydrogens is 435 g/mol. The summed E-state index contributed by atoms with van der Waals surface area (Å²) in [6, 6.07) is 7.20. The highest BCUT2D eigenvalue weighted by atomic mass is 19.1. The van der Waals surface area contributed by atoms with Crippen molar-refractivity contribution in [1.29, 1.82) is 0 Å². The molecule has 1 aromatic carbocycles. The van der Waals surface area contributed by atoms with Gasteiger partial charge >= 0.3 is 0 Å². The maximum atomic E-state index is 15.0. The van der Waals surface area contributed by atoms with Crippen LogP contribution in [-0.4, -0.2) is 15.2 Å². The molecule has 0 bridgehead atoms. The second-order valence-electron chi connectivity index (χ2n) is 8.15. The molecule has 2 heterocycles. The number of nitrogens with one attached hydrogen (secondary N) is 2. The third kappa shape index (κ3) is 5.46. The maximum absolute atomic E-state index is 15.0. The van der Waals surface area contributed by atoms with Gasteiger partial charge in [-0.2, -0.15) is 5.10 Å². The van der Waals surface area contributed by atoms with Gasteiger partial charge in [-0.25, -0.2) is 4.39 Å². The molecular formula is C30H31FN4. The number of aromatic nitrogens is 3. The maximum Gasteiger partial charge on any atom is 0.133 e. The zero-order valence-electron chi connectivity index (χ0n) is 20.7. The van der Waals surface area contributed by atoms with Crippen molar-refractivity contribution in [3.05, 3.63) is 126 Å². The number of nitrogens with zero attached hydrogens (tertiary/aromatic N) is 2. The number of allylic oxidation sites excluding steroid dienone is 10. The summed E-state index contributed by atoms with van der Waals surface area (Å²) in [4.78, 5) is 4.23. The molecule has 0 saturated heterocycles. The number of hydrogen-bond donors (Lipinski definition) is 2. The van der Waals surface area contributed by atoms with Crippen molar-refractivity contribution in [3.8, 4) is 0 Å². The first-order valence-corrected chi connectivity index (χ1v) is 11.3. The van der Waals surface area contributed by atoms with Crippen LogP contribution < -0.4 is 5.32 Å². The van der Waals surface area contributed by atoms with Gasteiger partial charge in [-0.05, 0) is 62.1 Å². The Morgan fingerprint density at radius 3 is 2.46 bits per heavy atom. The van der Waals surface area contributed by atoms with E-state index in [1.165, 1.54) is 6.07 Å². The quantitative estimate of drug-likeness (QED) is 0.317. The molecule has 0 fully saturated rings. The molecule has 0 atom stereocenters. The van der Waals surface area contributed by atoms with Gasteiger partial charge in [-0.3, -0.25) is 10.1 Å². The van der Waals surface area contributed by atoms with Crippen molar-refractivity contribution in [3.63, 3.8) is 0 Å². The number of hydrogen-bond acceptors (Lipinski definition) is 3. The molecule has 3 rings (SSSR count). The molecule has 3 aromatic rings. The first-order chi connectivity index (χ1) is 16.8. The summed E-state index contributed by atoms with van der Waals surface area (Å²) < 4.78 is 15.0. The summed E-state index contributed by atoms with van der Waals surface area (Å²) in [7, 11) is 0. The fraction of sp³-hybridized carbons (Fsp3) is 0.133. The van der Waals surface area contributed by atoms with Crippen LogP contribution >= 0.6 is 0 Å². The highest BCUT2D eigenvalue weighted by molar-refractivity contribution is 5.94. The number of rotatable bonds is 9. The van der Waals surface area contributed by atoms with E-state index in [1.807, 2.05) is 70.3 Å². The van der Waals surface area contributed by atoms with Crippen LogP contribution in [0.2, 0.25) is 0 Å². The van der Waals surface area contributed by atoms with E-state index in [0.717, 1.165) is 38.9 Å². The average molecular weight is 467 g/mol. The Morgan fingerprint density at radius 1 is 1.09 bits per heavy atom. The molecule has 2 aromatic heterocycles. The Hall–Kier alpha value is -4.25. The van der Waals surface area contributed by atoms with Crippen molar-refractivity contribution in [2.75, 3.05) is 0 Å². The Morgan fingerprint density at radius 2 is 1.83 bits per heavy atom. The molecule has 0 aliphatic carbocycles. The molecule has 5 heteroatoms. The molecule has 0 aliphatic rings. The molecule has 0 amide bonds. The van der Waals surface area contributed by atoms with Crippen molar-refractivity contribution < 1.29 is 4.39 Å². The van der Waals surface area contributed by atoms with Crippen LogP contribution in [0.5, 0.6) is 0 Å². The van der Waals surface area contributed by atoms with Gasteiger partial charge in [0.05, 0.1) is 11.2 Å². The summed E-state index contributed by atoms with van der Waals surface area (Å²) in [5.41, 5.74) is 7.99. The number of benzene rings is 1. The topological polar surface area (TPSA) is 53.6 Å². The van der Waals surface area contributed by atoms with E-state index >= 15 is 0 Å². The van der Waals surface area contributed by atoms with E-state index in [4.69, 9.17) is 0 Å². The lowest BCUT2D eigenvalue weighted by Crippen LogP contribution is -2.11. The van der Waals surface area contributed by atoms with E-state index in [0.29, 0.717) is 22.5 Å². The summed E-state index contributed by atoms with van der Waals surface area (Å²) in [5, 5.41) is 11.5. The van der Waals surface area contributed by atoms with Crippen LogP contribution in [0.1, 0.15) is 44.5 Å². The summed E-state index contributed by atoms with van der Waals surface area (Å²) in [6.07, 6.45) is 12.7. The lowest BCUT2D eigenvalue weighted by Gasteiger charge is -2.15. The molecule has 0 spiro atoms. The smallest absolute Gasteiger partial charge is 0.133 e. The summed E-state index contributed by atoms with van der Waals surface area (Å²) in [5.74, 6) is -0.321. The van der Waals surface area contributed by atoms with E-state index in [9.17, 15) is 4.39 Å². The fourth-order valence-electron chi connectivity index (χ4n) is 4.00. The first kappa shape index (κ1) is 25.4.